The van der Waals surface area contributed by atoms with E-state index in [1.165, 1.54) is 0 Å². The summed E-state index contributed by atoms with van der Waals surface area (Å²) in [5.41, 5.74) is 0.811. The van der Waals surface area contributed by atoms with Crippen molar-refractivity contribution in [3.05, 3.63) is 18.0 Å². The van der Waals surface area contributed by atoms with Crippen molar-refractivity contribution < 1.29 is 9.53 Å². The van der Waals surface area contributed by atoms with Crippen LogP contribution in [0.3, 0.4) is 0 Å². The molecule has 0 spiro atoms. The monoisotopic (exact) mass is 195 g/mol. The number of likely N-dealkylation sites (N-methyl/N-ethyl adjacent to an activating group) is 1. The summed E-state index contributed by atoms with van der Waals surface area (Å²) in [4.78, 5) is 18.9. The normalized spacial score (nSPS) is 9.57. The number of amides is 1. The van der Waals surface area contributed by atoms with Gasteiger partial charge in [-0.25, -0.2) is 9.97 Å². The third-order valence-corrected chi connectivity index (χ3v) is 1.48. The fraction of sp³-hybridized carbons (Fsp3) is 0.444. The smallest absolute Gasteiger partial charge is 0.317 e. The van der Waals surface area contributed by atoms with Crippen molar-refractivity contribution >= 4 is 5.91 Å². The van der Waals surface area contributed by atoms with Crippen molar-refractivity contribution in [2.24, 2.45) is 0 Å². The van der Waals surface area contributed by atoms with Crippen LogP contribution in [0.25, 0.3) is 0 Å². The summed E-state index contributed by atoms with van der Waals surface area (Å²) in [5, 5.41) is 2.61. The van der Waals surface area contributed by atoms with Crippen LogP contribution in [0.5, 0.6) is 6.01 Å². The van der Waals surface area contributed by atoms with Crippen molar-refractivity contribution in [2.75, 3.05) is 13.2 Å². The van der Waals surface area contributed by atoms with Gasteiger partial charge in [0.15, 0.2) is 6.61 Å². The van der Waals surface area contributed by atoms with Gasteiger partial charge in [-0.1, -0.05) is 0 Å². The zero-order valence-electron chi connectivity index (χ0n) is 8.28. The molecule has 1 aromatic rings. The summed E-state index contributed by atoms with van der Waals surface area (Å²) in [6.45, 7) is 4.23. The Morgan fingerprint density at radius 1 is 1.64 bits per heavy atom. The molecule has 1 aromatic heterocycles. The lowest BCUT2D eigenvalue weighted by Crippen LogP contribution is -2.28. The molecule has 0 saturated carbocycles. The van der Waals surface area contributed by atoms with Gasteiger partial charge in [-0.2, -0.15) is 0 Å². The molecule has 1 rings (SSSR count). The number of nitrogens with zero attached hydrogens (tertiary/aromatic N) is 2. The Balaban J connectivity index is 2.41. The van der Waals surface area contributed by atoms with Crippen LogP contribution in [-0.4, -0.2) is 29.0 Å². The molecule has 5 heteroatoms. The van der Waals surface area contributed by atoms with Gasteiger partial charge in [-0.05, 0) is 19.9 Å². The molecule has 0 atom stereocenters. The Hall–Kier alpha value is -1.65. The van der Waals surface area contributed by atoms with E-state index in [1.807, 2.05) is 13.8 Å². The van der Waals surface area contributed by atoms with Crippen LogP contribution in [-0.2, 0) is 4.79 Å². The Bertz CT molecular complexity index is 315. The molecular formula is C9H13N3O2. The number of aromatic nitrogens is 2. The summed E-state index contributed by atoms with van der Waals surface area (Å²) < 4.78 is 5.07. The number of carbonyl (C=O) groups excluding carboxylic acids is 1. The third-order valence-electron chi connectivity index (χ3n) is 1.48. The van der Waals surface area contributed by atoms with Crippen LogP contribution in [0.2, 0.25) is 0 Å². The summed E-state index contributed by atoms with van der Waals surface area (Å²) in [7, 11) is 0. The average molecular weight is 195 g/mol. The fourth-order valence-corrected chi connectivity index (χ4v) is 0.874. The number of hydrogen-bond donors (Lipinski definition) is 1. The average Bonchev–Trinajstić information content (AvgIpc) is 2.15. The van der Waals surface area contributed by atoms with Crippen LogP contribution in [0.1, 0.15) is 12.6 Å². The highest BCUT2D eigenvalue weighted by molar-refractivity contribution is 5.77. The molecule has 0 radical (unpaired) electrons. The minimum absolute atomic E-state index is 0.0444. The topological polar surface area (TPSA) is 64.1 Å². The van der Waals surface area contributed by atoms with E-state index in [-0.39, 0.29) is 18.5 Å². The Morgan fingerprint density at radius 2 is 2.43 bits per heavy atom. The highest BCUT2D eigenvalue weighted by Crippen LogP contribution is 2.00. The van der Waals surface area contributed by atoms with E-state index in [2.05, 4.69) is 15.3 Å². The van der Waals surface area contributed by atoms with Gasteiger partial charge in [0, 0.05) is 18.4 Å². The minimum atomic E-state index is -0.169. The van der Waals surface area contributed by atoms with E-state index in [1.54, 1.807) is 12.3 Å². The van der Waals surface area contributed by atoms with Crippen LogP contribution in [0.15, 0.2) is 12.3 Å². The van der Waals surface area contributed by atoms with Gasteiger partial charge < -0.3 is 10.1 Å². The van der Waals surface area contributed by atoms with E-state index in [0.717, 1.165) is 5.69 Å². The van der Waals surface area contributed by atoms with Gasteiger partial charge in [0.1, 0.15) is 0 Å². The number of hydrogen-bond acceptors (Lipinski definition) is 4. The highest BCUT2D eigenvalue weighted by Gasteiger charge is 2.02. The fourth-order valence-electron chi connectivity index (χ4n) is 0.874. The summed E-state index contributed by atoms with van der Waals surface area (Å²) in [6.07, 6.45) is 1.59. The number of carbonyl (C=O) groups is 1. The molecule has 1 heterocycles. The second-order valence-corrected chi connectivity index (χ2v) is 2.72. The molecule has 0 bridgehead atoms. The lowest BCUT2D eigenvalue weighted by Gasteiger charge is -2.03. The summed E-state index contributed by atoms with van der Waals surface area (Å²) in [5.74, 6) is -0.169. The van der Waals surface area contributed by atoms with Crippen molar-refractivity contribution in [3.63, 3.8) is 0 Å². The van der Waals surface area contributed by atoms with Crippen molar-refractivity contribution in [3.8, 4) is 6.01 Å². The highest BCUT2D eigenvalue weighted by atomic mass is 16.5. The molecule has 0 aliphatic carbocycles. The van der Waals surface area contributed by atoms with Gasteiger partial charge in [0.05, 0.1) is 0 Å². The van der Waals surface area contributed by atoms with E-state index < -0.39 is 0 Å². The molecule has 1 N–H and O–H groups in total. The lowest BCUT2D eigenvalue weighted by molar-refractivity contribution is -0.123. The maximum atomic E-state index is 11.0. The summed E-state index contributed by atoms with van der Waals surface area (Å²) in [6, 6.07) is 2.00. The van der Waals surface area contributed by atoms with E-state index in [0.29, 0.717) is 6.54 Å². The van der Waals surface area contributed by atoms with Gasteiger partial charge in [-0.15, -0.1) is 0 Å². The molecule has 5 nitrogen and oxygen atoms in total. The van der Waals surface area contributed by atoms with Crippen molar-refractivity contribution in [1.29, 1.82) is 0 Å². The van der Waals surface area contributed by atoms with Crippen molar-refractivity contribution in [2.45, 2.75) is 13.8 Å². The summed E-state index contributed by atoms with van der Waals surface area (Å²) >= 11 is 0. The Kier molecular flexibility index (Phi) is 3.84. The van der Waals surface area contributed by atoms with Crippen LogP contribution < -0.4 is 10.1 Å². The van der Waals surface area contributed by atoms with Crippen LogP contribution in [0, 0.1) is 6.92 Å². The predicted octanol–water partition coefficient (Wildman–Crippen LogP) is 0.300. The first-order valence-electron chi connectivity index (χ1n) is 4.41. The lowest BCUT2D eigenvalue weighted by atomic mass is 10.5. The van der Waals surface area contributed by atoms with Gasteiger partial charge in [0.25, 0.3) is 5.91 Å². The number of aryl methyl sites for hydroxylation is 1. The number of ether oxygens (including phenoxy) is 1. The zero-order chi connectivity index (χ0) is 10.4. The minimum Gasteiger partial charge on any atom is -0.453 e. The first-order chi connectivity index (χ1) is 6.72. The predicted molar refractivity (Wildman–Crippen MR) is 50.9 cm³/mol. The molecule has 76 valence electrons. The second kappa shape index (κ2) is 5.16. The molecule has 0 unspecified atom stereocenters. The van der Waals surface area contributed by atoms with Crippen molar-refractivity contribution in [1.82, 2.24) is 15.3 Å². The Labute approximate surface area is 82.5 Å². The maximum absolute atomic E-state index is 11.0. The van der Waals surface area contributed by atoms with Crippen LogP contribution in [0.4, 0.5) is 0 Å². The third kappa shape index (κ3) is 3.38. The molecular weight excluding hydrogens is 182 g/mol. The quantitative estimate of drug-likeness (QED) is 0.750. The largest absolute Gasteiger partial charge is 0.453 e. The molecule has 0 fully saturated rings. The molecule has 0 aromatic carbocycles. The number of nitrogens with one attached hydrogen (secondary N) is 1. The van der Waals surface area contributed by atoms with Gasteiger partial charge >= 0.3 is 6.01 Å². The number of rotatable bonds is 4. The second-order valence-electron chi connectivity index (χ2n) is 2.72. The van der Waals surface area contributed by atoms with E-state index in [9.17, 15) is 4.79 Å². The van der Waals surface area contributed by atoms with Crippen LogP contribution >= 0.6 is 0 Å². The van der Waals surface area contributed by atoms with E-state index in [4.69, 9.17) is 4.74 Å². The molecule has 14 heavy (non-hydrogen) atoms. The molecule has 1 amide bonds. The van der Waals surface area contributed by atoms with Gasteiger partial charge in [-0.3, -0.25) is 4.79 Å². The molecule has 0 saturated heterocycles. The standard InChI is InChI=1S/C9H13N3O2/c1-3-10-8(13)6-14-9-11-5-4-7(2)12-9/h4-5H,3,6H2,1-2H3,(H,10,13). The first kappa shape index (κ1) is 10.4. The SMILES string of the molecule is CCNC(=O)COc1nccc(C)n1. The van der Waals surface area contributed by atoms with Gasteiger partial charge in [0.2, 0.25) is 0 Å². The molecule has 0 aliphatic rings. The zero-order valence-corrected chi connectivity index (χ0v) is 8.28. The molecule has 0 aliphatic heterocycles. The first-order valence-corrected chi connectivity index (χ1v) is 4.41. The Morgan fingerprint density at radius 3 is 3.07 bits per heavy atom. The van der Waals surface area contributed by atoms with E-state index >= 15 is 0 Å². The maximum Gasteiger partial charge on any atom is 0.317 e.